The lowest BCUT2D eigenvalue weighted by Crippen LogP contribution is -1.99. The molecule has 0 heterocycles. The third-order valence-corrected chi connectivity index (χ3v) is 4.08. The zero-order valence-electron chi connectivity index (χ0n) is 12.2. The zero-order valence-corrected chi connectivity index (χ0v) is 12.9. The van der Waals surface area contributed by atoms with E-state index < -0.39 is 0 Å². The average Bonchev–Trinajstić information content (AvgIpc) is 2.54. The van der Waals surface area contributed by atoms with Crippen LogP contribution in [0.3, 0.4) is 0 Å². The number of benzene rings is 3. The van der Waals surface area contributed by atoms with E-state index in [9.17, 15) is 4.79 Å². The van der Waals surface area contributed by atoms with Crippen molar-refractivity contribution in [3.8, 4) is 5.75 Å². The van der Waals surface area contributed by atoms with Gasteiger partial charge in [0.25, 0.3) is 0 Å². The maximum absolute atomic E-state index is 11.3. The molecule has 0 aromatic heterocycles. The first-order valence-corrected chi connectivity index (χ1v) is 7.42. The van der Waals surface area contributed by atoms with Crippen molar-refractivity contribution in [2.75, 3.05) is 0 Å². The van der Waals surface area contributed by atoms with E-state index in [1.54, 1.807) is 0 Å². The monoisotopic (exact) mass is 310 g/mol. The number of rotatable bonds is 4. The summed E-state index contributed by atoms with van der Waals surface area (Å²) in [5, 5.41) is 2.53. The molecule has 22 heavy (non-hydrogen) atoms. The van der Waals surface area contributed by atoms with Gasteiger partial charge < -0.3 is 4.74 Å². The third kappa shape index (κ3) is 2.70. The fraction of sp³-hybridized carbons (Fsp3) is 0.105. The fourth-order valence-electron chi connectivity index (χ4n) is 2.54. The number of hydrogen-bond acceptors (Lipinski definition) is 2. The Morgan fingerprint density at radius 1 is 1.05 bits per heavy atom. The molecular formula is C19H15ClO2. The summed E-state index contributed by atoms with van der Waals surface area (Å²) in [7, 11) is 0. The first-order chi connectivity index (χ1) is 10.7. The molecule has 0 bridgehead atoms. The lowest BCUT2D eigenvalue weighted by molar-refractivity contribution is 0.112. The normalized spacial score (nSPS) is 10.6. The number of carbonyl (C=O) groups excluding carboxylic acids is 1. The van der Waals surface area contributed by atoms with Crippen molar-refractivity contribution >= 4 is 28.7 Å². The first kappa shape index (κ1) is 14.6. The van der Waals surface area contributed by atoms with Crippen LogP contribution in [0, 0.1) is 6.92 Å². The van der Waals surface area contributed by atoms with Crippen LogP contribution in [0.2, 0.25) is 5.02 Å². The molecule has 0 saturated heterocycles. The van der Waals surface area contributed by atoms with Gasteiger partial charge in [-0.3, -0.25) is 4.79 Å². The minimum absolute atomic E-state index is 0.392. The van der Waals surface area contributed by atoms with Gasteiger partial charge in [0.05, 0.1) is 0 Å². The molecule has 0 unspecified atom stereocenters. The summed E-state index contributed by atoms with van der Waals surface area (Å²) in [6, 6.07) is 17.3. The van der Waals surface area contributed by atoms with Gasteiger partial charge in [-0.25, -0.2) is 0 Å². The minimum Gasteiger partial charge on any atom is -0.488 e. The Balaban J connectivity index is 2.01. The van der Waals surface area contributed by atoms with E-state index in [4.69, 9.17) is 16.3 Å². The second-order valence-corrected chi connectivity index (χ2v) is 5.56. The molecule has 0 radical (unpaired) electrons. The highest BCUT2D eigenvalue weighted by Gasteiger charge is 2.10. The number of hydrogen-bond donors (Lipinski definition) is 0. The maximum atomic E-state index is 11.3. The third-order valence-electron chi connectivity index (χ3n) is 3.71. The Morgan fingerprint density at radius 3 is 2.45 bits per heavy atom. The molecule has 0 aliphatic rings. The van der Waals surface area contributed by atoms with Crippen LogP contribution in [0.4, 0.5) is 0 Å². The van der Waals surface area contributed by atoms with E-state index in [1.807, 2.05) is 61.5 Å². The predicted octanol–water partition coefficient (Wildman–Crippen LogP) is 5.19. The van der Waals surface area contributed by atoms with Crippen molar-refractivity contribution in [2.24, 2.45) is 0 Å². The molecule has 0 amide bonds. The molecule has 3 rings (SSSR count). The molecule has 0 spiro atoms. The molecule has 3 aromatic rings. The molecule has 0 saturated carbocycles. The molecule has 0 fully saturated rings. The predicted molar refractivity (Wildman–Crippen MR) is 89.9 cm³/mol. The second kappa shape index (κ2) is 6.20. The topological polar surface area (TPSA) is 26.3 Å². The number of fused-ring (bicyclic) bond motifs is 1. The summed E-state index contributed by atoms with van der Waals surface area (Å²) >= 11 is 6.16. The SMILES string of the molecule is Cc1cc(OCc2ccccc2Cl)c2ccccc2c1C=O. The van der Waals surface area contributed by atoms with E-state index in [-0.39, 0.29) is 0 Å². The molecule has 2 nitrogen and oxygen atoms in total. The van der Waals surface area contributed by atoms with Crippen LogP contribution in [0.25, 0.3) is 10.8 Å². The minimum atomic E-state index is 0.392. The molecular weight excluding hydrogens is 296 g/mol. The maximum Gasteiger partial charge on any atom is 0.150 e. The second-order valence-electron chi connectivity index (χ2n) is 5.15. The summed E-state index contributed by atoms with van der Waals surface area (Å²) in [4.78, 5) is 11.3. The summed E-state index contributed by atoms with van der Waals surface area (Å²) in [5.41, 5.74) is 2.55. The largest absolute Gasteiger partial charge is 0.488 e. The number of ether oxygens (including phenoxy) is 1. The van der Waals surface area contributed by atoms with E-state index >= 15 is 0 Å². The number of carbonyl (C=O) groups is 1. The molecule has 0 aliphatic heterocycles. The van der Waals surface area contributed by atoms with Crippen molar-refractivity contribution in [3.05, 3.63) is 76.3 Å². The zero-order chi connectivity index (χ0) is 15.5. The smallest absolute Gasteiger partial charge is 0.150 e. The van der Waals surface area contributed by atoms with Crippen molar-refractivity contribution in [1.29, 1.82) is 0 Å². The lowest BCUT2D eigenvalue weighted by atomic mass is 10.00. The number of halogens is 1. The van der Waals surface area contributed by atoms with Crippen LogP contribution >= 0.6 is 11.6 Å². The average molecular weight is 311 g/mol. The molecule has 110 valence electrons. The summed E-state index contributed by atoms with van der Waals surface area (Å²) in [6.45, 7) is 2.31. The van der Waals surface area contributed by atoms with Crippen molar-refractivity contribution < 1.29 is 9.53 Å². The van der Waals surface area contributed by atoms with Gasteiger partial charge in [-0.2, -0.15) is 0 Å². The Labute approximate surface area is 134 Å². The van der Waals surface area contributed by atoms with Gasteiger partial charge in [-0.1, -0.05) is 54.1 Å². The van der Waals surface area contributed by atoms with Crippen molar-refractivity contribution in [3.63, 3.8) is 0 Å². The van der Waals surface area contributed by atoms with Crippen LogP contribution < -0.4 is 4.74 Å². The summed E-state index contributed by atoms with van der Waals surface area (Å²) in [6.07, 6.45) is 0.898. The van der Waals surface area contributed by atoms with Crippen molar-refractivity contribution in [2.45, 2.75) is 13.5 Å². The Bertz CT molecular complexity index is 840. The fourth-order valence-corrected chi connectivity index (χ4v) is 2.73. The van der Waals surface area contributed by atoms with Crippen LogP contribution in [-0.4, -0.2) is 6.29 Å². The molecule has 0 N–H and O–H groups in total. The van der Waals surface area contributed by atoms with E-state index in [2.05, 4.69) is 0 Å². The van der Waals surface area contributed by atoms with Crippen molar-refractivity contribution in [1.82, 2.24) is 0 Å². The Morgan fingerprint density at radius 2 is 1.73 bits per heavy atom. The highest BCUT2D eigenvalue weighted by atomic mass is 35.5. The number of aldehydes is 1. The van der Waals surface area contributed by atoms with Gasteiger partial charge in [-0.15, -0.1) is 0 Å². The summed E-state index contributed by atoms with van der Waals surface area (Å²) < 4.78 is 5.97. The van der Waals surface area contributed by atoms with Gasteiger partial charge in [0.1, 0.15) is 12.4 Å². The van der Waals surface area contributed by atoms with E-state index in [1.165, 1.54) is 0 Å². The lowest BCUT2D eigenvalue weighted by Gasteiger charge is -2.13. The number of aryl methyl sites for hydroxylation is 1. The quantitative estimate of drug-likeness (QED) is 0.620. The standard InChI is InChI=1S/C19H15ClO2/c1-13-10-19(22-12-14-6-2-5-9-18(14)20)16-8-4-3-7-15(16)17(13)11-21/h2-11H,12H2,1H3. The van der Waals surface area contributed by atoms with Gasteiger partial charge in [0.15, 0.2) is 6.29 Å². The van der Waals surface area contributed by atoms with Gasteiger partial charge in [-0.05, 0) is 30.0 Å². The van der Waals surface area contributed by atoms with Crippen LogP contribution in [0.1, 0.15) is 21.5 Å². The Kier molecular flexibility index (Phi) is 4.12. The van der Waals surface area contributed by atoms with Gasteiger partial charge in [0.2, 0.25) is 0 Å². The van der Waals surface area contributed by atoms with E-state index in [0.717, 1.165) is 33.9 Å². The van der Waals surface area contributed by atoms with Gasteiger partial charge >= 0.3 is 0 Å². The van der Waals surface area contributed by atoms with Crippen LogP contribution in [0.5, 0.6) is 5.75 Å². The first-order valence-electron chi connectivity index (χ1n) is 7.04. The highest BCUT2D eigenvalue weighted by Crippen LogP contribution is 2.31. The molecule has 0 aliphatic carbocycles. The highest BCUT2D eigenvalue weighted by molar-refractivity contribution is 6.31. The molecule has 3 heteroatoms. The Hall–Kier alpha value is -2.32. The van der Waals surface area contributed by atoms with E-state index in [0.29, 0.717) is 17.2 Å². The summed E-state index contributed by atoms with van der Waals surface area (Å²) in [5.74, 6) is 0.763. The molecule has 3 aromatic carbocycles. The van der Waals surface area contributed by atoms with Crippen LogP contribution in [-0.2, 0) is 6.61 Å². The molecule has 0 atom stereocenters. The van der Waals surface area contributed by atoms with Crippen LogP contribution in [0.15, 0.2) is 54.6 Å². The van der Waals surface area contributed by atoms with Gasteiger partial charge in [0, 0.05) is 21.5 Å².